The summed E-state index contributed by atoms with van der Waals surface area (Å²) in [5.41, 5.74) is 5.13. The van der Waals surface area contributed by atoms with Gasteiger partial charge in [-0.1, -0.05) is 0 Å². The van der Waals surface area contributed by atoms with Crippen LogP contribution >= 0.6 is 0 Å². The number of carbonyl (C=O) groups excluding carboxylic acids is 1. The lowest BCUT2D eigenvalue weighted by Gasteiger charge is -2.35. The molecule has 3 saturated heterocycles. The number of benzene rings is 1. The zero-order chi connectivity index (χ0) is 28.7. The van der Waals surface area contributed by atoms with Gasteiger partial charge in [-0.3, -0.25) is 4.79 Å². The Hall–Kier alpha value is -3.43. The van der Waals surface area contributed by atoms with E-state index >= 15 is 0 Å². The topological polar surface area (TPSA) is 89.2 Å². The first-order valence-corrected chi connectivity index (χ1v) is 16.4. The van der Waals surface area contributed by atoms with E-state index in [1.807, 2.05) is 23.1 Å². The fourth-order valence-corrected chi connectivity index (χ4v) is 8.22. The van der Waals surface area contributed by atoms with E-state index in [0.717, 1.165) is 91.4 Å². The highest BCUT2D eigenvalue weighted by molar-refractivity contribution is 5.98. The second-order valence-electron chi connectivity index (χ2n) is 14.0. The molecule has 2 N–H and O–H groups in total. The van der Waals surface area contributed by atoms with E-state index in [1.54, 1.807) is 0 Å². The summed E-state index contributed by atoms with van der Waals surface area (Å²) in [4.78, 5) is 25.7. The normalized spacial score (nSPS) is 28.3. The van der Waals surface area contributed by atoms with E-state index in [-0.39, 0.29) is 5.91 Å². The summed E-state index contributed by atoms with van der Waals surface area (Å²) in [6, 6.07) is 12.8. The lowest BCUT2D eigenvalue weighted by Crippen LogP contribution is -2.48. The first kappa shape index (κ1) is 26.0. The second-order valence-corrected chi connectivity index (χ2v) is 14.0. The Balaban J connectivity index is 1.01. The summed E-state index contributed by atoms with van der Waals surface area (Å²) in [5.74, 6) is 3.76. The smallest absolute Gasteiger partial charge is 0.253 e. The summed E-state index contributed by atoms with van der Waals surface area (Å²) >= 11 is 0. The van der Waals surface area contributed by atoms with Crippen LogP contribution in [-0.2, 0) is 13.6 Å². The molecule has 9 nitrogen and oxygen atoms in total. The van der Waals surface area contributed by atoms with Gasteiger partial charge in [0.2, 0.25) is 5.88 Å². The van der Waals surface area contributed by atoms with Crippen molar-refractivity contribution in [2.24, 2.45) is 30.2 Å². The molecule has 4 aromatic rings. The third kappa shape index (κ3) is 4.46. The number of likely N-dealkylation sites (tertiary alicyclic amines) is 1. The molecule has 1 spiro atoms. The van der Waals surface area contributed by atoms with E-state index < -0.39 is 0 Å². The first-order chi connectivity index (χ1) is 21.0. The molecule has 4 atom stereocenters. The fourth-order valence-electron chi connectivity index (χ4n) is 8.22. The van der Waals surface area contributed by atoms with Crippen molar-refractivity contribution in [1.82, 2.24) is 34.6 Å². The van der Waals surface area contributed by atoms with Crippen LogP contribution in [0.25, 0.3) is 33.6 Å². The molecule has 5 aliphatic rings. The number of amides is 1. The number of hydrogen-bond acceptors (Lipinski definition) is 6. The highest BCUT2D eigenvalue weighted by atomic mass is 16.5. The standard InChI is InChI=1S/C34H41N7O2/c1-39-28-6-4-24(33(42)40-13-9-22-8-11-36-27(22)18-40)14-26(28)37-32(39)29-15-23-5-7-30(38-31(23)41(29)17-21-2-3-21)43-19-25-16-34(25)10-12-35-20-34/h4-7,14-15,21-22,25,27,35-36H,2-3,8-13,16-20H2,1H3/t22-,25?,27+,34?/m0/s1. The molecular weight excluding hydrogens is 538 g/mol. The average molecular weight is 580 g/mol. The Morgan fingerprint density at radius 1 is 1.09 bits per heavy atom. The SMILES string of the molecule is Cn1c(-c2cc3ccc(OCC4CC45CCNC5)nc3n2CC2CC2)nc2cc(C(=O)N3CC[C@@H]4CCN[C@@H]4C3)ccc21. The average Bonchev–Trinajstić information content (AvgIpc) is 3.67. The summed E-state index contributed by atoms with van der Waals surface area (Å²) in [5, 5.41) is 8.22. The number of pyridine rings is 1. The van der Waals surface area contributed by atoms with Crippen LogP contribution < -0.4 is 15.4 Å². The van der Waals surface area contributed by atoms with Gasteiger partial charge < -0.3 is 29.4 Å². The number of nitrogens with one attached hydrogen (secondary N) is 2. The minimum Gasteiger partial charge on any atom is -0.477 e. The molecule has 5 fully saturated rings. The summed E-state index contributed by atoms with van der Waals surface area (Å²) in [7, 11) is 2.08. The van der Waals surface area contributed by atoms with Gasteiger partial charge in [0.1, 0.15) is 5.65 Å². The molecule has 3 aliphatic heterocycles. The van der Waals surface area contributed by atoms with Crippen molar-refractivity contribution in [2.75, 3.05) is 39.3 Å². The van der Waals surface area contributed by atoms with Gasteiger partial charge in [-0.15, -0.1) is 0 Å². The molecule has 1 aromatic carbocycles. The number of nitrogens with zero attached hydrogens (tertiary/aromatic N) is 5. The Bertz CT molecular complexity index is 1730. The van der Waals surface area contributed by atoms with Gasteiger partial charge in [0.05, 0.1) is 23.3 Å². The number of imidazole rings is 1. The minimum absolute atomic E-state index is 0.113. The summed E-state index contributed by atoms with van der Waals surface area (Å²) in [6.45, 7) is 6.66. The van der Waals surface area contributed by atoms with E-state index in [2.05, 4.69) is 45.0 Å². The molecule has 9 heteroatoms. The zero-order valence-electron chi connectivity index (χ0n) is 25.0. The van der Waals surface area contributed by atoms with Crippen LogP contribution in [0.2, 0.25) is 0 Å². The number of fused-ring (bicyclic) bond motifs is 3. The van der Waals surface area contributed by atoms with Gasteiger partial charge >= 0.3 is 0 Å². The highest BCUT2D eigenvalue weighted by Crippen LogP contribution is 2.56. The molecule has 9 rings (SSSR count). The van der Waals surface area contributed by atoms with Gasteiger partial charge in [0, 0.05) is 62.2 Å². The number of piperidine rings is 1. The lowest BCUT2D eigenvalue weighted by molar-refractivity contribution is 0.0669. The van der Waals surface area contributed by atoms with Crippen molar-refractivity contribution < 1.29 is 9.53 Å². The van der Waals surface area contributed by atoms with E-state index in [4.69, 9.17) is 14.7 Å². The number of carbonyl (C=O) groups is 1. The monoisotopic (exact) mass is 579 g/mol. The molecule has 43 heavy (non-hydrogen) atoms. The Morgan fingerprint density at radius 3 is 2.88 bits per heavy atom. The first-order valence-electron chi connectivity index (χ1n) is 16.4. The molecule has 224 valence electrons. The maximum atomic E-state index is 13.5. The Morgan fingerprint density at radius 2 is 2.02 bits per heavy atom. The summed E-state index contributed by atoms with van der Waals surface area (Å²) < 4.78 is 10.8. The lowest BCUT2D eigenvalue weighted by atomic mass is 9.92. The van der Waals surface area contributed by atoms with Crippen LogP contribution in [-0.4, -0.2) is 75.3 Å². The van der Waals surface area contributed by atoms with Crippen LogP contribution in [0.1, 0.15) is 48.9 Å². The molecule has 1 amide bonds. The summed E-state index contributed by atoms with van der Waals surface area (Å²) in [6.07, 6.45) is 7.37. The van der Waals surface area contributed by atoms with Crippen molar-refractivity contribution >= 4 is 28.0 Å². The highest BCUT2D eigenvalue weighted by Gasteiger charge is 2.55. The van der Waals surface area contributed by atoms with Crippen molar-refractivity contribution in [3.63, 3.8) is 0 Å². The maximum absolute atomic E-state index is 13.5. The molecule has 0 radical (unpaired) electrons. The van der Waals surface area contributed by atoms with Crippen LogP contribution in [0.4, 0.5) is 0 Å². The number of hydrogen-bond donors (Lipinski definition) is 2. The predicted octanol–water partition coefficient (Wildman–Crippen LogP) is 4.20. The zero-order valence-corrected chi connectivity index (χ0v) is 25.0. The van der Waals surface area contributed by atoms with Crippen molar-refractivity contribution in [1.29, 1.82) is 0 Å². The third-order valence-corrected chi connectivity index (χ3v) is 11.2. The van der Waals surface area contributed by atoms with Gasteiger partial charge in [-0.2, -0.15) is 4.98 Å². The quantitative estimate of drug-likeness (QED) is 0.341. The predicted molar refractivity (Wildman–Crippen MR) is 166 cm³/mol. The second kappa shape index (κ2) is 9.79. The van der Waals surface area contributed by atoms with Gasteiger partial charge in [0.15, 0.2) is 5.82 Å². The molecular formula is C34H41N7O2. The number of aryl methyl sites for hydroxylation is 1. The largest absolute Gasteiger partial charge is 0.477 e. The van der Waals surface area contributed by atoms with Gasteiger partial charge in [-0.05, 0) is 99.2 Å². The third-order valence-electron chi connectivity index (χ3n) is 11.2. The van der Waals surface area contributed by atoms with Crippen LogP contribution in [0.3, 0.4) is 0 Å². The van der Waals surface area contributed by atoms with Crippen molar-refractivity contribution in [3.05, 3.63) is 42.0 Å². The van der Waals surface area contributed by atoms with E-state index in [0.29, 0.717) is 35.1 Å². The van der Waals surface area contributed by atoms with Crippen LogP contribution in [0.15, 0.2) is 36.4 Å². The van der Waals surface area contributed by atoms with E-state index in [1.165, 1.54) is 32.1 Å². The number of ether oxygens (including phenoxy) is 1. The minimum atomic E-state index is 0.113. The van der Waals surface area contributed by atoms with Crippen molar-refractivity contribution in [2.45, 2.75) is 51.1 Å². The van der Waals surface area contributed by atoms with Crippen molar-refractivity contribution in [3.8, 4) is 17.4 Å². The molecule has 6 heterocycles. The molecule has 2 unspecified atom stereocenters. The Labute approximate surface area is 252 Å². The van der Waals surface area contributed by atoms with Gasteiger partial charge in [-0.25, -0.2) is 4.98 Å². The molecule has 2 aliphatic carbocycles. The number of aromatic nitrogens is 4. The molecule has 2 saturated carbocycles. The molecule has 0 bridgehead atoms. The van der Waals surface area contributed by atoms with E-state index in [9.17, 15) is 4.79 Å². The van der Waals surface area contributed by atoms with Crippen LogP contribution in [0.5, 0.6) is 5.88 Å². The number of rotatable bonds is 7. The van der Waals surface area contributed by atoms with Crippen LogP contribution in [0, 0.1) is 23.2 Å². The maximum Gasteiger partial charge on any atom is 0.253 e. The molecule has 3 aromatic heterocycles. The fraction of sp³-hybridized carbons (Fsp3) is 0.559. The Kier molecular flexibility index (Phi) is 5.92. The van der Waals surface area contributed by atoms with Gasteiger partial charge in [0.25, 0.3) is 5.91 Å².